The number of anilines is 1. The first-order valence-electron chi connectivity index (χ1n) is 7.51. The summed E-state index contributed by atoms with van der Waals surface area (Å²) in [5.74, 6) is -5.48. The minimum atomic E-state index is -1.64. The summed E-state index contributed by atoms with van der Waals surface area (Å²) >= 11 is 0.750. The smallest absolute Gasteiger partial charge is 0.344 e. The minimum Gasteiger partial charge on any atom is -0.482 e. The lowest BCUT2D eigenvalue weighted by Crippen LogP contribution is -2.23. The summed E-state index contributed by atoms with van der Waals surface area (Å²) in [6, 6.07) is 9.32. The Morgan fingerprint density at radius 1 is 1.07 bits per heavy atom. The first-order chi connectivity index (χ1) is 12.9. The van der Waals surface area contributed by atoms with Crippen molar-refractivity contribution in [2.24, 2.45) is 0 Å². The Morgan fingerprint density at radius 2 is 1.81 bits per heavy atom. The second-order valence-corrected chi connectivity index (χ2v) is 6.19. The average Bonchev–Trinajstić information content (AvgIpc) is 3.06. The minimum absolute atomic E-state index is 0.0231. The molecule has 10 heteroatoms. The van der Waals surface area contributed by atoms with E-state index < -0.39 is 41.5 Å². The number of esters is 1. The van der Waals surface area contributed by atoms with Crippen LogP contribution < -0.4 is 10.1 Å². The number of aromatic nitrogens is 1. The van der Waals surface area contributed by atoms with Crippen LogP contribution in [-0.2, 0) is 14.3 Å². The van der Waals surface area contributed by atoms with Gasteiger partial charge in [-0.05, 0) is 18.2 Å². The van der Waals surface area contributed by atoms with Gasteiger partial charge in [-0.25, -0.2) is 22.9 Å². The first-order valence-corrected chi connectivity index (χ1v) is 8.33. The molecule has 1 heterocycles. The van der Waals surface area contributed by atoms with Gasteiger partial charge >= 0.3 is 5.97 Å². The number of amides is 1. The molecule has 0 spiro atoms. The molecule has 3 rings (SSSR count). The third kappa shape index (κ3) is 4.53. The lowest BCUT2D eigenvalue weighted by molar-refractivity contribution is -0.149. The van der Waals surface area contributed by atoms with Gasteiger partial charge in [0.1, 0.15) is 11.3 Å². The summed E-state index contributed by atoms with van der Waals surface area (Å²) < 4.78 is 49.9. The average molecular weight is 396 g/mol. The zero-order chi connectivity index (χ0) is 19.4. The number of thiazole rings is 1. The second-order valence-electron chi connectivity index (χ2n) is 5.16. The molecule has 0 fully saturated rings. The van der Waals surface area contributed by atoms with Crippen molar-refractivity contribution in [3.8, 4) is 5.75 Å². The molecule has 0 radical (unpaired) electrons. The fraction of sp³-hybridized carbons (Fsp3) is 0.118. The summed E-state index contributed by atoms with van der Waals surface area (Å²) in [4.78, 5) is 27.0. The molecule has 27 heavy (non-hydrogen) atoms. The van der Waals surface area contributed by atoms with Crippen LogP contribution in [0.2, 0.25) is 0 Å². The van der Waals surface area contributed by atoms with Gasteiger partial charge in [0, 0.05) is 0 Å². The SMILES string of the molecule is O=C(COC(=O)COc1ccccc1)Nc1nc2c(F)c(F)c(F)cc2s1. The van der Waals surface area contributed by atoms with Crippen LogP contribution in [0.1, 0.15) is 0 Å². The number of fused-ring (bicyclic) bond motifs is 1. The predicted molar refractivity (Wildman–Crippen MR) is 91.0 cm³/mol. The number of benzene rings is 2. The number of carbonyl (C=O) groups is 2. The summed E-state index contributed by atoms with van der Waals surface area (Å²) in [6.07, 6.45) is 0. The number of carbonyl (C=O) groups excluding carboxylic acids is 2. The third-order valence-corrected chi connectivity index (χ3v) is 4.15. The van der Waals surface area contributed by atoms with Crippen molar-refractivity contribution in [3.63, 3.8) is 0 Å². The Balaban J connectivity index is 1.52. The molecule has 1 N–H and O–H groups in total. The Hall–Kier alpha value is -3.14. The molecule has 0 saturated carbocycles. The first kappa shape index (κ1) is 18.6. The van der Waals surface area contributed by atoms with E-state index in [1.165, 1.54) is 0 Å². The fourth-order valence-corrected chi connectivity index (χ4v) is 2.93. The van der Waals surface area contributed by atoms with Crippen LogP contribution in [0.3, 0.4) is 0 Å². The van der Waals surface area contributed by atoms with Gasteiger partial charge in [0.2, 0.25) is 0 Å². The number of nitrogens with one attached hydrogen (secondary N) is 1. The topological polar surface area (TPSA) is 77.5 Å². The van der Waals surface area contributed by atoms with Gasteiger partial charge in [0.15, 0.2) is 35.8 Å². The van der Waals surface area contributed by atoms with Crippen LogP contribution in [-0.4, -0.2) is 30.1 Å². The molecule has 1 amide bonds. The number of halogens is 3. The lowest BCUT2D eigenvalue weighted by Gasteiger charge is -2.06. The highest BCUT2D eigenvalue weighted by Gasteiger charge is 2.18. The van der Waals surface area contributed by atoms with E-state index in [-0.39, 0.29) is 16.4 Å². The molecule has 1 aromatic heterocycles. The summed E-state index contributed by atoms with van der Waals surface area (Å²) in [7, 11) is 0. The number of hydrogen-bond acceptors (Lipinski definition) is 6. The van der Waals surface area contributed by atoms with Crippen molar-refractivity contribution in [1.82, 2.24) is 4.98 Å². The second kappa shape index (κ2) is 8.04. The molecular formula is C17H11F3N2O4S. The Labute approximate surface area is 154 Å². The van der Waals surface area contributed by atoms with Crippen LogP contribution in [0.4, 0.5) is 18.3 Å². The van der Waals surface area contributed by atoms with Crippen molar-refractivity contribution in [1.29, 1.82) is 0 Å². The lowest BCUT2D eigenvalue weighted by atomic mass is 10.3. The Morgan fingerprint density at radius 3 is 2.56 bits per heavy atom. The van der Waals surface area contributed by atoms with Gasteiger partial charge in [0.05, 0.1) is 4.70 Å². The maximum atomic E-state index is 13.6. The number of nitrogens with zero attached hydrogens (tertiary/aromatic N) is 1. The van der Waals surface area contributed by atoms with E-state index >= 15 is 0 Å². The molecule has 140 valence electrons. The van der Waals surface area contributed by atoms with Gasteiger partial charge in [-0.3, -0.25) is 10.1 Å². The predicted octanol–water partition coefficient (Wildman–Crippen LogP) is 3.27. The Kier molecular flexibility index (Phi) is 5.55. The number of ether oxygens (including phenoxy) is 2. The van der Waals surface area contributed by atoms with Crippen molar-refractivity contribution in [3.05, 3.63) is 53.8 Å². The van der Waals surface area contributed by atoms with Gasteiger partial charge < -0.3 is 9.47 Å². The molecule has 0 aliphatic heterocycles. The summed E-state index contributed by atoms with van der Waals surface area (Å²) in [5.41, 5.74) is -0.401. The zero-order valence-electron chi connectivity index (χ0n) is 13.5. The third-order valence-electron chi connectivity index (χ3n) is 3.23. The Bertz CT molecular complexity index is 995. The van der Waals surface area contributed by atoms with E-state index in [1.807, 2.05) is 0 Å². The highest BCUT2D eigenvalue weighted by molar-refractivity contribution is 7.22. The number of hydrogen-bond donors (Lipinski definition) is 1. The largest absolute Gasteiger partial charge is 0.482 e. The van der Waals surface area contributed by atoms with Crippen molar-refractivity contribution in [2.75, 3.05) is 18.5 Å². The van der Waals surface area contributed by atoms with E-state index in [0.29, 0.717) is 5.75 Å². The van der Waals surface area contributed by atoms with E-state index in [1.54, 1.807) is 30.3 Å². The van der Waals surface area contributed by atoms with Crippen molar-refractivity contribution < 1.29 is 32.2 Å². The van der Waals surface area contributed by atoms with Gasteiger partial charge in [-0.1, -0.05) is 29.5 Å². The summed E-state index contributed by atoms with van der Waals surface area (Å²) in [5, 5.41) is 2.18. The molecule has 0 saturated heterocycles. The number of rotatable bonds is 6. The van der Waals surface area contributed by atoms with Crippen LogP contribution >= 0.6 is 11.3 Å². The molecule has 0 atom stereocenters. The normalized spacial score (nSPS) is 10.6. The van der Waals surface area contributed by atoms with E-state index in [2.05, 4.69) is 10.3 Å². The molecule has 0 aliphatic carbocycles. The molecular weight excluding hydrogens is 385 g/mol. The van der Waals surface area contributed by atoms with Crippen molar-refractivity contribution in [2.45, 2.75) is 0 Å². The number of para-hydroxylation sites is 1. The van der Waals surface area contributed by atoms with E-state index in [0.717, 1.165) is 17.4 Å². The molecule has 3 aromatic rings. The van der Waals surface area contributed by atoms with Crippen molar-refractivity contribution >= 4 is 38.6 Å². The molecule has 0 unspecified atom stereocenters. The van der Waals surface area contributed by atoms with Crippen LogP contribution in [0.5, 0.6) is 5.75 Å². The quantitative estimate of drug-likeness (QED) is 0.511. The van der Waals surface area contributed by atoms with Gasteiger partial charge in [-0.2, -0.15) is 0 Å². The van der Waals surface area contributed by atoms with E-state index in [4.69, 9.17) is 9.47 Å². The fourth-order valence-electron chi connectivity index (χ4n) is 2.03. The maximum absolute atomic E-state index is 13.6. The molecule has 6 nitrogen and oxygen atoms in total. The molecule has 2 aromatic carbocycles. The molecule has 0 aliphatic rings. The monoisotopic (exact) mass is 396 g/mol. The van der Waals surface area contributed by atoms with Crippen LogP contribution in [0.25, 0.3) is 10.2 Å². The van der Waals surface area contributed by atoms with Gasteiger partial charge in [0.25, 0.3) is 5.91 Å². The van der Waals surface area contributed by atoms with Crippen LogP contribution in [0, 0.1) is 17.5 Å². The van der Waals surface area contributed by atoms with E-state index in [9.17, 15) is 22.8 Å². The van der Waals surface area contributed by atoms with Gasteiger partial charge in [-0.15, -0.1) is 0 Å². The highest BCUT2D eigenvalue weighted by atomic mass is 32.1. The maximum Gasteiger partial charge on any atom is 0.344 e. The summed E-state index contributed by atoms with van der Waals surface area (Å²) in [6.45, 7) is -1.01. The standard InChI is InChI=1S/C17H11F3N2O4S/c18-10-6-11-16(15(20)14(10)19)22-17(27-11)21-12(23)7-26-13(24)8-25-9-4-2-1-3-5-9/h1-6H,7-8H2,(H,21,22,23). The zero-order valence-corrected chi connectivity index (χ0v) is 14.3. The highest BCUT2D eigenvalue weighted by Crippen LogP contribution is 2.30. The molecule has 0 bridgehead atoms. The van der Waals surface area contributed by atoms with Crippen LogP contribution in [0.15, 0.2) is 36.4 Å².